The summed E-state index contributed by atoms with van der Waals surface area (Å²) in [7, 11) is -1.27. The molecule has 0 aromatic rings. The van der Waals surface area contributed by atoms with E-state index in [4.69, 9.17) is 5.26 Å². The smallest absolute Gasteiger partial charge is 0.236 e. The van der Waals surface area contributed by atoms with Crippen LogP contribution in [0.25, 0.3) is 0 Å². The van der Waals surface area contributed by atoms with E-state index in [9.17, 15) is 13.2 Å². The first-order valence-electron chi connectivity index (χ1n) is 5.98. The van der Waals surface area contributed by atoms with Crippen LogP contribution in [0.2, 0.25) is 0 Å². The summed E-state index contributed by atoms with van der Waals surface area (Å²) < 4.78 is 22.8. The molecule has 1 fully saturated rings. The van der Waals surface area contributed by atoms with Crippen molar-refractivity contribution in [1.29, 1.82) is 5.26 Å². The van der Waals surface area contributed by atoms with Crippen molar-refractivity contribution in [3.8, 4) is 6.07 Å². The standard InChI is InChI=1S/C11H19N3O3S/c1-13(5-2-4-12)11(15)10-14-6-3-8-18(16,17)9-7-14/h2-3,5-10H2,1H3. The summed E-state index contributed by atoms with van der Waals surface area (Å²) in [6.07, 6.45) is 0.897. The fourth-order valence-corrected chi connectivity index (χ4v) is 3.11. The average Bonchev–Trinajstić information content (AvgIpc) is 2.48. The highest BCUT2D eigenvalue weighted by atomic mass is 32.2. The summed E-state index contributed by atoms with van der Waals surface area (Å²) in [6, 6.07) is 1.99. The number of amides is 1. The lowest BCUT2D eigenvalue weighted by atomic mass is 10.3. The molecule has 0 unspecified atom stereocenters. The molecule has 6 nitrogen and oxygen atoms in total. The van der Waals surface area contributed by atoms with Gasteiger partial charge in [0.1, 0.15) is 0 Å². The molecule has 0 aromatic heterocycles. The molecule has 0 spiro atoms. The number of nitriles is 1. The molecular weight excluding hydrogens is 254 g/mol. The summed E-state index contributed by atoms with van der Waals surface area (Å²) in [5, 5.41) is 8.45. The van der Waals surface area contributed by atoms with Crippen LogP contribution in [0.4, 0.5) is 0 Å². The second kappa shape index (κ2) is 6.71. The van der Waals surface area contributed by atoms with Gasteiger partial charge in [0, 0.05) is 20.1 Å². The first-order valence-corrected chi connectivity index (χ1v) is 7.80. The highest BCUT2D eigenvalue weighted by Crippen LogP contribution is 2.05. The van der Waals surface area contributed by atoms with Crippen LogP contribution in [-0.4, -0.2) is 68.9 Å². The Morgan fingerprint density at radius 2 is 2.11 bits per heavy atom. The molecule has 102 valence electrons. The number of likely N-dealkylation sites (N-methyl/N-ethyl adjacent to an activating group) is 1. The van der Waals surface area contributed by atoms with E-state index in [0.29, 0.717) is 32.5 Å². The number of rotatable bonds is 4. The van der Waals surface area contributed by atoms with E-state index >= 15 is 0 Å². The summed E-state index contributed by atoms with van der Waals surface area (Å²) in [6.45, 7) is 1.70. The lowest BCUT2D eigenvalue weighted by Gasteiger charge is -2.22. The molecule has 0 saturated carbocycles. The van der Waals surface area contributed by atoms with Crippen molar-refractivity contribution in [2.45, 2.75) is 12.8 Å². The van der Waals surface area contributed by atoms with E-state index in [1.807, 2.05) is 11.0 Å². The van der Waals surface area contributed by atoms with E-state index in [1.165, 1.54) is 4.90 Å². The van der Waals surface area contributed by atoms with Crippen molar-refractivity contribution >= 4 is 15.7 Å². The first-order chi connectivity index (χ1) is 8.44. The van der Waals surface area contributed by atoms with Gasteiger partial charge < -0.3 is 4.90 Å². The van der Waals surface area contributed by atoms with Crippen LogP contribution in [0.3, 0.4) is 0 Å². The fourth-order valence-electron chi connectivity index (χ4n) is 1.80. The van der Waals surface area contributed by atoms with Crippen molar-refractivity contribution in [2.75, 3.05) is 44.7 Å². The average molecular weight is 273 g/mol. The second-order valence-corrected chi connectivity index (χ2v) is 6.81. The number of hydrogen-bond donors (Lipinski definition) is 0. The van der Waals surface area contributed by atoms with E-state index in [-0.39, 0.29) is 24.0 Å². The summed E-state index contributed by atoms with van der Waals surface area (Å²) in [5.41, 5.74) is 0. The zero-order valence-electron chi connectivity index (χ0n) is 10.6. The largest absolute Gasteiger partial charge is 0.344 e. The molecule has 1 saturated heterocycles. The van der Waals surface area contributed by atoms with Crippen LogP contribution >= 0.6 is 0 Å². The van der Waals surface area contributed by atoms with Crippen LogP contribution in [0.5, 0.6) is 0 Å². The minimum atomic E-state index is -2.93. The van der Waals surface area contributed by atoms with Crippen LogP contribution in [0.1, 0.15) is 12.8 Å². The highest BCUT2D eigenvalue weighted by molar-refractivity contribution is 7.91. The molecule has 0 radical (unpaired) electrons. The maximum absolute atomic E-state index is 11.8. The molecule has 0 aromatic carbocycles. The Labute approximate surface area is 108 Å². The quantitative estimate of drug-likeness (QED) is 0.688. The third-order valence-corrected chi connectivity index (χ3v) is 4.71. The van der Waals surface area contributed by atoms with Crippen LogP contribution < -0.4 is 0 Å². The molecule has 7 heteroatoms. The van der Waals surface area contributed by atoms with Gasteiger partial charge in [-0.05, 0) is 13.0 Å². The molecular formula is C11H19N3O3S. The number of hydrogen-bond acceptors (Lipinski definition) is 5. The number of carbonyl (C=O) groups excluding carboxylic acids is 1. The fraction of sp³-hybridized carbons (Fsp3) is 0.818. The normalized spacial score (nSPS) is 19.8. The van der Waals surface area contributed by atoms with Crippen molar-refractivity contribution in [2.24, 2.45) is 0 Å². The molecule has 0 N–H and O–H groups in total. The van der Waals surface area contributed by atoms with Crippen molar-refractivity contribution in [1.82, 2.24) is 9.80 Å². The Bertz CT molecular complexity index is 427. The highest BCUT2D eigenvalue weighted by Gasteiger charge is 2.21. The maximum Gasteiger partial charge on any atom is 0.236 e. The molecule has 0 bridgehead atoms. The van der Waals surface area contributed by atoms with E-state index < -0.39 is 9.84 Å². The molecule has 18 heavy (non-hydrogen) atoms. The number of carbonyl (C=O) groups is 1. The van der Waals surface area contributed by atoms with Gasteiger partial charge in [-0.2, -0.15) is 5.26 Å². The Morgan fingerprint density at radius 3 is 2.78 bits per heavy atom. The summed E-state index contributed by atoms with van der Waals surface area (Å²) in [5.74, 6) is 0.272. The maximum atomic E-state index is 11.8. The first kappa shape index (κ1) is 14.9. The molecule has 0 aliphatic carbocycles. The van der Waals surface area contributed by atoms with Gasteiger partial charge in [-0.15, -0.1) is 0 Å². The van der Waals surface area contributed by atoms with Crippen molar-refractivity contribution < 1.29 is 13.2 Å². The zero-order chi connectivity index (χ0) is 13.6. The van der Waals surface area contributed by atoms with Gasteiger partial charge in [-0.3, -0.25) is 9.69 Å². The Kier molecular flexibility index (Phi) is 5.56. The third kappa shape index (κ3) is 5.02. The molecule has 1 aliphatic heterocycles. The van der Waals surface area contributed by atoms with E-state index in [2.05, 4.69) is 0 Å². The summed E-state index contributed by atoms with van der Waals surface area (Å²) >= 11 is 0. The third-order valence-electron chi connectivity index (χ3n) is 2.99. The topological polar surface area (TPSA) is 81.5 Å². The molecule has 1 aliphatic rings. The minimum absolute atomic E-state index is 0.0652. The van der Waals surface area contributed by atoms with E-state index in [1.54, 1.807) is 7.05 Å². The van der Waals surface area contributed by atoms with Gasteiger partial charge >= 0.3 is 0 Å². The van der Waals surface area contributed by atoms with E-state index in [0.717, 1.165) is 0 Å². The minimum Gasteiger partial charge on any atom is -0.344 e. The molecule has 0 atom stereocenters. The van der Waals surface area contributed by atoms with Crippen molar-refractivity contribution in [3.05, 3.63) is 0 Å². The van der Waals surface area contributed by atoms with Crippen LogP contribution in [0, 0.1) is 11.3 Å². The molecule has 1 amide bonds. The van der Waals surface area contributed by atoms with Gasteiger partial charge in [-0.1, -0.05) is 0 Å². The monoisotopic (exact) mass is 273 g/mol. The summed E-state index contributed by atoms with van der Waals surface area (Å²) in [4.78, 5) is 15.2. The van der Waals surface area contributed by atoms with Crippen molar-refractivity contribution in [3.63, 3.8) is 0 Å². The van der Waals surface area contributed by atoms with Gasteiger partial charge in [0.15, 0.2) is 9.84 Å². The lowest BCUT2D eigenvalue weighted by Crippen LogP contribution is -2.39. The number of nitrogens with zero attached hydrogens (tertiary/aromatic N) is 3. The van der Waals surface area contributed by atoms with Crippen LogP contribution in [-0.2, 0) is 14.6 Å². The predicted octanol–water partition coefficient (Wildman–Crippen LogP) is -0.521. The second-order valence-electron chi connectivity index (χ2n) is 4.50. The molecule has 1 rings (SSSR count). The van der Waals surface area contributed by atoms with Crippen LogP contribution in [0.15, 0.2) is 0 Å². The Hall–Kier alpha value is -1.13. The van der Waals surface area contributed by atoms with Gasteiger partial charge in [-0.25, -0.2) is 8.42 Å². The van der Waals surface area contributed by atoms with Gasteiger partial charge in [0.05, 0.1) is 30.5 Å². The van der Waals surface area contributed by atoms with Gasteiger partial charge in [0.2, 0.25) is 5.91 Å². The molecule has 1 heterocycles. The Balaban J connectivity index is 2.43. The SMILES string of the molecule is CN(CCC#N)C(=O)CN1CCCS(=O)(=O)CC1. The lowest BCUT2D eigenvalue weighted by molar-refractivity contribution is -0.131. The van der Waals surface area contributed by atoms with Gasteiger partial charge in [0.25, 0.3) is 0 Å². The Morgan fingerprint density at radius 1 is 1.39 bits per heavy atom. The zero-order valence-corrected chi connectivity index (χ0v) is 11.4. The number of sulfone groups is 1. The predicted molar refractivity (Wildman–Crippen MR) is 67.6 cm³/mol.